The second kappa shape index (κ2) is 5.68. The average molecular weight is 237 g/mol. The third-order valence-electron chi connectivity index (χ3n) is 2.53. The van der Waals surface area contributed by atoms with Gasteiger partial charge < -0.3 is 15.2 Å². The Kier molecular flexibility index (Phi) is 4.52. The summed E-state index contributed by atoms with van der Waals surface area (Å²) in [6, 6.07) is 7.73. The molecule has 17 heavy (non-hydrogen) atoms. The molecule has 2 N–H and O–H groups in total. The summed E-state index contributed by atoms with van der Waals surface area (Å²) in [4.78, 5) is 11.3. The Balaban J connectivity index is 2.45. The highest BCUT2D eigenvalue weighted by molar-refractivity contribution is 5.79. The number of methoxy groups -OCH3 is 1. The summed E-state index contributed by atoms with van der Waals surface area (Å²) in [6.45, 7) is 4.01. The van der Waals surface area contributed by atoms with Crippen molar-refractivity contribution in [2.24, 2.45) is 5.73 Å². The summed E-state index contributed by atoms with van der Waals surface area (Å²) in [5.41, 5.74) is 5.94. The van der Waals surface area contributed by atoms with Crippen molar-refractivity contribution in [2.45, 2.75) is 25.8 Å². The molecule has 0 aromatic heterocycles. The molecule has 1 atom stereocenters. The number of rotatable bonds is 5. The highest BCUT2D eigenvalue weighted by Crippen LogP contribution is 2.14. The van der Waals surface area contributed by atoms with Gasteiger partial charge >= 0.3 is 5.97 Å². The van der Waals surface area contributed by atoms with Gasteiger partial charge in [0.25, 0.3) is 0 Å². The van der Waals surface area contributed by atoms with Crippen LogP contribution in [0.3, 0.4) is 0 Å². The summed E-state index contributed by atoms with van der Waals surface area (Å²) in [5.74, 6) is 0.357. The van der Waals surface area contributed by atoms with Crippen molar-refractivity contribution in [3.8, 4) is 5.75 Å². The molecule has 4 nitrogen and oxygen atoms in total. The molecule has 0 aliphatic rings. The van der Waals surface area contributed by atoms with E-state index in [1.54, 1.807) is 6.92 Å². The van der Waals surface area contributed by atoms with E-state index in [9.17, 15) is 4.79 Å². The number of hydrogen-bond donors (Lipinski definition) is 1. The van der Waals surface area contributed by atoms with Gasteiger partial charge in [0.15, 0.2) is 0 Å². The highest BCUT2D eigenvalue weighted by Gasteiger charge is 2.29. The van der Waals surface area contributed by atoms with Crippen LogP contribution in [0.15, 0.2) is 24.3 Å². The van der Waals surface area contributed by atoms with Crippen molar-refractivity contribution in [1.82, 2.24) is 0 Å². The van der Waals surface area contributed by atoms with E-state index in [4.69, 9.17) is 10.5 Å². The van der Waals surface area contributed by atoms with Crippen LogP contribution in [-0.2, 0) is 9.53 Å². The number of aryl methyl sites for hydroxylation is 1. The van der Waals surface area contributed by atoms with E-state index in [2.05, 4.69) is 4.74 Å². The van der Waals surface area contributed by atoms with Crippen molar-refractivity contribution in [2.75, 3.05) is 13.7 Å². The van der Waals surface area contributed by atoms with Gasteiger partial charge in [0, 0.05) is 6.42 Å². The van der Waals surface area contributed by atoms with Crippen molar-refractivity contribution >= 4 is 5.97 Å². The van der Waals surface area contributed by atoms with Crippen LogP contribution in [0.4, 0.5) is 0 Å². The Morgan fingerprint density at radius 2 is 2.18 bits per heavy atom. The summed E-state index contributed by atoms with van der Waals surface area (Å²) < 4.78 is 10.1. The number of esters is 1. The van der Waals surface area contributed by atoms with E-state index in [-0.39, 0.29) is 0 Å². The van der Waals surface area contributed by atoms with Crippen LogP contribution in [0.5, 0.6) is 5.75 Å². The number of benzene rings is 1. The predicted molar refractivity (Wildman–Crippen MR) is 65.9 cm³/mol. The molecule has 0 saturated carbocycles. The van der Waals surface area contributed by atoms with Gasteiger partial charge in [0.05, 0.1) is 13.7 Å². The fourth-order valence-corrected chi connectivity index (χ4v) is 1.42. The number of nitrogens with two attached hydrogens (primary N) is 1. The number of ether oxygens (including phenoxy) is 2. The zero-order chi connectivity index (χ0) is 12.9. The van der Waals surface area contributed by atoms with Crippen molar-refractivity contribution < 1.29 is 14.3 Å². The largest absolute Gasteiger partial charge is 0.493 e. The first-order valence-electron chi connectivity index (χ1n) is 5.52. The van der Waals surface area contributed by atoms with Crippen LogP contribution in [-0.4, -0.2) is 25.2 Å². The Bertz CT molecular complexity index is 388. The second-order valence-corrected chi connectivity index (χ2v) is 4.32. The zero-order valence-electron chi connectivity index (χ0n) is 10.5. The summed E-state index contributed by atoms with van der Waals surface area (Å²) in [7, 11) is 1.33. The van der Waals surface area contributed by atoms with Crippen LogP contribution in [0.25, 0.3) is 0 Å². The first-order chi connectivity index (χ1) is 7.95. The Morgan fingerprint density at radius 1 is 1.47 bits per heavy atom. The summed E-state index contributed by atoms with van der Waals surface area (Å²) in [5, 5.41) is 0. The third-order valence-corrected chi connectivity index (χ3v) is 2.53. The van der Waals surface area contributed by atoms with E-state index in [1.165, 1.54) is 7.11 Å². The molecule has 0 amide bonds. The van der Waals surface area contributed by atoms with E-state index in [0.717, 1.165) is 11.3 Å². The maximum absolute atomic E-state index is 11.3. The van der Waals surface area contributed by atoms with Crippen LogP contribution in [0, 0.1) is 6.92 Å². The van der Waals surface area contributed by atoms with E-state index < -0.39 is 11.5 Å². The number of carbonyl (C=O) groups excluding carboxylic acids is 1. The quantitative estimate of drug-likeness (QED) is 0.791. The van der Waals surface area contributed by atoms with Crippen LogP contribution in [0.1, 0.15) is 18.9 Å². The lowest BCUT2D eigenvalue weighted by molar-refractivity contribution is -0.146. The lowest BCUT2D eigenvalue weighted by atomic mass is 10.0. The molecule has 0 aliphatic carbocycles. The second-order valence-electron chi connectivity index (χ2n) is 4.32. The minimum Gasteiger partial charge on any atom is -0.493 e. The van der Waals surface area contributed by atoms with Gasteiger partial charge in [-0.1, -0.05) is 12.1 Å². The lowest BCUT2D eigenvalue weighted by Crippen LogP contribution is -2.46. The maximum Gasteiger partial charge on any atom is 0.325 e. The molecule has 0 aliphatic heterocycles. The monoisotopic (exact) mass is 237 g/mol. The van der Waals surface area contributed by atoms with Crippen molar-refractivity contribution in [3.63, 3.8) is 0 Å². The zero-order valence-corrected chi connectivity index (χ0v) is 10.5. The standard InChI is InChI=1S/C13H19NO3/c1-10-5-4-6-11(9-10)17-8-7-13(2,14)12(15)16-3/h4-6,9H,7-8,14H2,1-3H3. The Labute approximate surface area is 102 Å². The lowest BCUT2D eigenvalue weighted by Gasteiger charge is -2.21. The first kappa shape index (κ1) is 13.5. The molecule has 1 aromatic carbocycles. The minimum absolute atomic E-state index is 0.381. The van der Waals surface area contributed by atoms with Crippen LogP contribution >= 0.6 is 0 Å². The fraction of sp³-hybridized carbons (Fsp3) is 0.462. The number of carbonyl (C=O) groups is 1. The molecule has 0 radical (unpaired) electrons. The molecule has 1 rings (SSSR count). The molecular weight excluding hydrogens is 218 g/mol. The first-order valence-corrected chi connectivity index (χ1v) is 5.52. The van der Waals surface area contributed by atoms with Gasteiger partial charge in [-0.05, 0) is 31.5 Å². The molecule has 0 heterocycles. The van der Waals surface area contributed by atoms with Gasteiger partial charge in [-0.3, -0.25) is 4.79 Å². The molecule has 1 unspecified atom stereocenters. The van der Waals surface area contributed by atoms with Crippen LogP contribution < -0.4 is 10.5 Å². The molecule has 94 valence electrons. The van der Waals surface area contributed by atoms with Crippen molar-refractivity contribution in [1.29, 1.82) is 0 Å². The maximum atomic E-state index is 11.3. The van der Waals surface area contributed by atoms with Gasteiger partial charge in [0.2, 0.25) is 0 Å². The average Bonchev–Trinajstić information content (AvgIpc) is 2.27. The molecular formula is C13H19NO3. The number of hydrogen-bond acceptors (Lipinski definition) is 4. The van der Waals surface area contributed by atoms with Gasteiger partial charge in [-0.2, -0.15) is 0 Å². The molecule has 0 saturated heterocycles. The normalized spacial score (nSPS) is 13.9. The molecule has 4 heteroatoms. The smallest absolute Gasteiger partial charge is 0.325 e. The van der Waals surface area contributed by atoms with Crippen molar-refractivity contribution in [3.05, 3.63) is 29.8 Å². The van der Waals surface area contributed by atoms with E-state index in [0.29, 0.717) is 13.0 Å². The predicted octanol–water partition coefficient (Wildman–Crippen LogP) is 1.65. The highest BCUT2D eigenvalue weighted by atomic mass is 16.5. The van der Waals surface area contributed by atoms with Gasteiger partial charge in [-0.25, -0.2) is 0 Å². The van der Waals surface area contributed by atoms with E-state index in [1.807, 2.05) is 31.2 Å². The fourth-order valence-electron chi connectivity index (χ4n) is 1.42. The Hall–Kier alpha value is -1.55. The minimum atomic E-state index is -1.00. The third kappa shape index (κ3) is 4.07. The van der Waals surface area contributed by atoms with Gasteiger partial charge in [-0.15, -0.1) is 0 Å². The van der Waals surface area contributed by atoms with Gasteiger partial charge in [0.1, 0.15) is 11.3 Å². The molecule has 0 bridgehead atoms. The summed E-state index contributed by atoms with van der Waals surface area (Å²) in [6.07, 6.45) is 0.410. The topological polar surface area (TPSA) is 61.5 Å². The van der Waals surface area contributed by atoms with Crippen LogP contribution in [0.2, 0.25) is 0 Å². The molecule has 0 fully saturated rings. The molecule has 1 aromatic rings. The SMILES string of the molecule is COC(=O)C(C)(N)CCOc1cccc(C)c1. The Morgan fingerprint density at radius 3 is 2.76 bits per heavy atom. The van der Waals surface area contributed by atoms with E-state index >= 15 is 0 Å². The summed E-state index contributed by atoms with van der Waals surface area (Å²) >= 11 is 0. The molecule has 0 spiro atoms.